The maximum Gasteiger partial charge on any atom is 0.143 e. The number of fused-ring (bicyclic) bond motifs is 1. The van der Waals surface area contributed by atoms with E-state index >= 15 is 0 Å². The Kier molecular flexibility index (Phi) is 2.56. The fourth-order valence-corrected chi connectivity index (χ4v) is 1.74. The average molecular weight is 203 g/mol. The Labute approximate surface area is 88.3 Å². The van der Waals surface area contributed by atoms with E-state index in [1.165, 1.54) is 0 Å². The molecule has 1 unspecified atom stereocenters. The number of methoxy groups -OCH3 is 1. The van der Waals surface area contributed by atoms with Gasteiger partial charge in [-0.2, -0.15) is 0 Å². The smallest absolute Gasteiger partial charge is 0.143 e. The van der Waals surface area contributed by atoms with E-state index in [1.807, 2.05) is 24.3 Å². The van der Waals surface area contributed by atoms with Crippen LogP contribution in [0.4, 0.5) is 0 Å². The molecule has 0 amide bonds. The lowest BCUT2D eigenvalue weighted by Gasteiger charge is -2.13. The summed E-state index contributed by atoms with van der Waals surface area (Å²) in [7, 11) is 1.58. The summed E-state index contributed by atoms with van der Waals surface area (Å²) in [4.78, 5) is 4.26. The van der Waals surface area contributed by atoms with E-state index in [0.717, 1.165) is 16.5 Å². The highest BCUT2D eigenvalue weighted by molar-refractivity contribution is 5.84. The third-order valence-electron chi connectivity index (χ3n) is 2.42. The van der Waals surface area contributed by atoms with Crippen LogP contribution in [0.5, 0.6) is 5.75 Å². The lowest BCUT2D eigenvalue weighted by atomic mass is 10.0. The van der Waals surface area contributed by atoms with E-state index in [9.17, 15) is 5.11 Å². The number of benzene rings is 1. The summed E-state index contributed by atoms with van der Waals surface area (Å²) in [6, 6.07) is 7.70. The van der Waals surface area contributed by atoms with Gasteiger partial charge < -0.3 is 9.84 Å². The van der Waals surface area contributed by atoms with Crippen molar-refractivity contribution in [3.63, 3.8) is 0 Å². The number of para-hydroxylation sites is 1. The number of aliphatic hydroxyl groups excluding tert-OH is 1. The molecular weight excluding hydrogens is 190 g/mol. The van der Waals surface area contributed by atoms with E-state index in [0.29, 0.717) is 5.75 Å². The molecular formula is C12H13NO2. The maximum absolute atomic E-state index is 9.73. The molecule has 1 heterocycles. The van der Waals surface area contributed by atoms with Crippen LogP contribution in [-0.2, 0) is 0 Å². The van der Waals surface area contributed by atoms with Crippen LogP contribution in [0.1, 0.15) is 18.6 Å². The van der Waals surface area contributed by atoms with Gasteiger partial charge in [-0.15, -0.1) is 0 Å². The van der Waals surface area contributed by atoms with Gasteiger partial charge >= 0.3 is 0 Å². The molecule has 15 heavy (non-hydrogen) atoms. The van der Waals surface area contributed by atoms with Crippen molar-refractivity contribution in [3.05, 3.63) is 36.0 Å². The van der Waals surface area contributed by atoms with Crippen LogP contribution in [0.25, 0.3) is 10.9 Å². The number of hydrogen-bond acceptors (Lipinski definition) is 3. The zero-order valence-corrected chi connectivity index (χ0v) is 8.77. The van der Waals surface area contributed by atoms with Crippen molar-refractivity contribution < 1.29 is 9.84 Å². The van der Waals surface area contributed by atoms with Crippen molar-refractivity contribution >= 4 is 10.9 Å². The van der Waals surface area contributed by atoms with E-state index in [4.69, 9.17) is 4.74 Å². The van der Waals surface area contributed by atoms with Gasteiger partial charge in [-0.1, -0.05) is 18.2 Å². The Hall–Kier alpha value is -1.61. The molecule has 0 radical (unpaired) electrons. The fraction of sp³-hybridized carbons (Fsp3) is 0.250. The number of pyridine rings is 1. The van der Waals surface area contributed by atoms with Crippen molar-refractivity contribution in [2.24, 2.45) is 0 Å². The highest BCUT2D eigenvalue weighted by Gasteiger charge is 2.13. The Morgan fingerprint density at radius 1 is 1.33 bits per heavy atom. The number of rotatable bonds is 2. The molecule has 2 rings (SSSR count). The van der Waals surface area contributed by atoms with E-state index in [1.54, 1.807) is 20.2 Å². The van der Waals surface area contributed by atoms with Gasteiger partial charge in [0.15, 0.2) is 0 Å². The summed E-state index contributed by atoms with van der Waals surface area (Å²) in [6.45, 7) is 1.73. The van der Waals surface area contributed by atoms with Crippen LogP contribution >= 0.6 is 0 Å². The largest absolute Gasteiger partial charge is 0.495 e. The molecule has 0 aliphatic heterocycles. The molecule has 0 bridgehead atoms. The first-order valence-corrected chi connectivity index (χ1v) is 4.83. The predicted octanol–water partition coefficient (Wildman–Crippen LogP) is 2.30. The minimum Gasteiger partial charge on any atom is -0.495 e. The Balaban J connectivity index is 2.79. The van der Waals surface area contributed by atoms with Crippen molar-refractivity contribution in [1.82, 2.24) is 4.98 Å². The van der Waals surface area contributed by atoms with Crippen LogP contribution in [-0.4, -0.2) is 17.2 Å². The van der Waals surface area contributed by atoms with Crippen LogP contribution < -0.4 is 4.74 Å². The van der Waals surface area contributed by atoms with Crippen LogP contribution in [0.3, 0.4) is 0 Å². The highest BCUT2D eigenvalue weighted by Crippen LogP contribution is 2.30. The SMILES string of the molecule is COc1cnc2ccccc2c1C(C)O. The second-order valence-corrected chi connectivity index (χ2v) is 3.43. The first kappa shape index (κ1) is 9.93. The second kappa shape index (κ2) is 3.87. The minimum atomic E-state index is -0.562. The molecule has 1 N–H and O–H groups in total. The standard InChI is InChI=1S/C12H13NO2/c1-8(14)12-9-5-3-4-6-10(9)13-7-11(12)15-2/h3-8,14H,1-2H3. The molecule has 1 atom stereocenters. The fourth-order valence-electron chi connectivity index (χ4n) is 1.74. The molecule has 3 nitrogen and oxygen atoms in total. The number of hydrogen-bond donors (Lipinski definition) is 1. The zero-order chi connectivity index (χ0) is 10.8. The topological polar surface area (TPSA) is 42.4 Å². The number of aromatic nitrogens is 1. The molecule has 0 spiro atoms. The van der Waals surface area contributed by atoms with Crippen molar-refractivity contribution in [2.45, 2.75) is 13.0 Å². The lowest BCUT2D eigenvalue weighted by Crippen LogP contribution is -1.99. The summed E-state index contributed by atoms with van der Waals surface area (Å²) in [5, 5.41) is 10.7. The minimum absolute atomic E-state index is 0.562. The third kappa shape index (κ3) is 1.66. The Morgan fingerprint density at radius 3 is 2.73 bits per heavy atom. The van der Waals surface area contributed by atoms with Gasteiger partial charge in [-0.25, -0.2) is 0 Å². The Morgan fingerprint density at radius 2 is 2.07 bits per heavy atom. The van der Waals surface area contributed by atoms with Crippen LogP contribution in [0.2, 0.25) is 0 Å². The summed E-state index contributed by atoms with van der Waals surface area (Å²) in [6.07, 6.45) is 1.08. The second-order valence-electron chi connectivity index (χ2n) is 3.43. The van der Waals surface area contributed by atoms with Gasteiger partial charge in [0.1, 0.15) is 5.75 Å². The molecule has 0 aliphatic rings. The number of aliphatic hydroxyl groups is 1. The molecule has 1 aromatic heterocycles. The van der Waals surface area contributed by atoms with Gasteiger partial charge in [0.25, 0.3) is 0 Å². The van der Waals surface area contributed by atoms with Gasteiger partial charge in [-0.3, -0.25) is 4.98 Å². The molecule has 0 aliphatic carbocycles. The summed E-state index contributed by atoms with van der Waals surface area (Å²) >= 11 is 0. The maximum atomic E-state index is 9.73. The summed E-state index contributed by atoms with van der Waals surface area (Å²) in [5.41, 5.74) is 1.66. The van der Waals surface area contributed by atoms with Crippen LogP contribution in [0.15, 0.2) is 30.5 Å². The molecule has 0 saturated carbocycles. The van der Waals surface area contributed by atoms with Crippen LogP contribution in [0, 0.1) is 0 Å². The van der Waals surface area contributed by atoms with Crippen molar-refractivity contribution in [3.8, 4) is 5.75 Å². The normalized spacial score (nSPS) is 12.7. The monoisotopic (exact) mass is 203 g/mol. The molecule has 0 saturated heterocycles. The first-order valence-electron chi connectivity index (χ1n) is 4.83. The molecule has 0 fully saturated rings. The summed E-state index contributed by atoms with van der Waals surface area (Å²) in [5.74, 6) is 0.628. The molecule has 2 aromatic rings. The Bertz CT molecular complexity index is 480. The summed E-state index contributed by atoms with van der Waals surface area (Å²) < 4.78 is 5.19. The van der Waals surface area contributed by atoms with Gasteiger partial charge in [-0.05, 0) is 13.0 Å². The van der Waals surface area contributed by atoms with Gasteiger partial charge in [0.05, 0.1) is 24.9 Å². The molecule has 3 heteroatoms. The number of nitrogens with zero attached hydrogens (tertiary/aromatic N) is 1. The van der Waals surface area contributed by atoms with E-state index in [2.05, 4.69) is 4.98 Å². The molecule has 78 valence electrons. The van der Waals surface area contributed by atoms with E-state index < -0.39 is 6.10 Å². The quantitative estimate of drug-likeness (QED) is 0.814. The predicted molar refractivity (Wildman–Crippen MR) is 58.9 cm³/mol. The van der Waals surface area contributed by atoms with Crippen molar-refractivity contribution in [1.29, 1.82) is 0 Å². The van der Waals surface area contributed by atoms with Gasteiger partial charge in [0.2, 0.25) is 0 Å². The number of ether oxygens (including phenoxy) is 1. The first-order chi connectivity index (χ1) is 7.24. The average Bonchev–Trinajstić information content (AvgIpc) is 2.27. The third-order valence-corrected chi connectivity index (χ3v) is 2.42. The lowest BCUT2D eigenvalue weighted by molar-refractivity contribution is 0.196. The zero-order valence-electron chi connectivity index (χ0n) is 8.77. The highest BCUT2D eigenvalue weighted by atomic mass is 16.5. The van der Waals surface area contributed by atoms with Gasteiger partial charge in [0, 0.05) is 10.9 Å². The van der Waals surface area contributed by atoms with Crippen molar-refractivity contribution in [2.75, 3.05) is 7.11 Å². The van der Waals surface area contributed by atoms with E-state index in [-0.39, 0.29) is 0 Å². The molecule has 1 aromatic carbocycles.